The number of ether oxygens (including phenoxy) is 2. The quantitative estimate of drug-likeness (QED) is 0.345. The van der Waals surface area contributed by atoms with E-state index in [9.17, 15) is 14.0 Å². The molecule has 4 rings (SSSR count). The molecule has 0 radical (unpaired) electrons. The Kier molecular flexibility index (Phi) is 8.19. The average Bonchev–Trinajstić information content (AvgIpc) is 2.91. The number of rotatable bonds is 8. The molecule has 0 bridgehead atoms. The highest BCUT2D eigenvalue weighted by Crippen LogP contribution is 2.30. The molecule has 0 unspecified atom stereocenters. The molecule has 0 spiro atoms. The standard InChI is InChI=1S/C24H22Cl2FN5O4/c25-18-5-6-19(27)22(26)17(18)7-10-36-20-13-21(29-30-23(20)28)32(14-33)16-3-1-15(2-4-16)24(34)31-8-11-35-12-9-31/h1-6,13-14H,7-12H2,(H2,28,30). The molecule has 12 heteroatoms. The highest BCUT2D eigenvalue weighted by Gasteiger charge is 2.20. The topological polar surface area (TPSA) is 111 Å². The monoisotopic (exact) mass is 533 g/mol. The van der Waals surface area contributed by atoms with Crippen molar-refractivity contribution in [2.24, 2.45) is 0 Å². The molecule has 1 fully saturated rings. The fraction of sp³-hybridized carbons (Fsp3) is 0.250. The maximum Gasteiger partial charge on any atom is 0.254 e. The lowest BCUT2D eigenvalue weighted by molar-refractivity contribution is -0.106. The number of nitrogen functional groups attached to an aromatic ring is 1. The molecule has 9 nitrogen and oxygen atoms in total. The first kappa shape index (κ1) is 25.6. The summed E-state index contributed by atoms with van der Waals surface area (Å²) in [6.07, 6.45) is 0.775. The van der Waals surface area contributed by atoms with Crippen molar-refractivity contribution in [3.8, 4) is 5.75 Å². The number of nitrogens with two attached hydrogens (primary N) is 1. The van der Waals surface area contributed by atoms with E-state index in [-0.39, 0.29) is 41.3 Å². The van der Waals surface area contributed by atoms with Crippen LogP contribution >= 0.6 is 23.2 Å². The first-order valence-corrected chi connectivity index (χ1v) is 11.7. The highest BCUT2D eigenvalue weighted by molar-refractivity contribution is 6.36. The van der Waals surface area contributed by atoms with Gasteiger partial charge in [0.1, 0.15) is 5.82 Å². The van der Waals surface area contributed by atoms with Gasteiger partial charge in [-0.3, -0.25) is 14.5 Å². The summed E-state index contributed by atoms with van der Waals surface area (Å²) in [5.41, 5.74) is 7.25. The van der Waals surface area contributed by atoms with E-state index in [4.69, 9.17) is 38.4 Å². The summed E-state index contributed by atoms with van der Waals surface area (Å²) in [4.78, 5) is 27.5. The predicted molar refractivity (Wildman–Crippen MR) is 133 cm³/mol. The number of anilines is 3. The number of hydrogen-bond acceptors (Lipinski definition) is 7. The van der Waals surface area contributed by atoms with Crippen LogP contribution in [0.2, 0.25) is 10.0 Å². The van der Waals surface area contributed by atoms with Gasteiger partial charge >= 0.3 is 0 Å². The Labute approximate surface area is 216 Å². The summed E-state index contributed by atoms with van der Waals surface area (Å²) >= 11 is 12.1. The molecule has 188 valence electrons. The van der Waals surface area contributed by atoms with Crippen molar-refractivity contribution in [2.45, 2.75) is 6.42 Å². The minimum atomic E-state index is -0.581. The summed E-state index contributed by atoms with van der Waals surface area (Å²) < 4.78 is 24.7. The Hall–Kier alpha value is -3.47. The molecular weight excluding hydrogens is 512 g/mol. The van der Waals surface area contributed by atoms with Crippen LogP contribution in [0.3, 0.4) is 0 Å². The largest absolute Gasteiger partial charge is 0.489 e. The van der Waals surface area contributed by atoms with Gasteiger partial charge in [-0.1, -0.05) is 23.2 Å². The molecule has 2 aromatic carbocycles. The molecule has 1 aliphatic rings. The second-order valence-corrected chi connectivity index (χ2v) is 8.58. The van der Waals surface area contributed by atoms with Gasteiger partial charge < -0.3 is 20.1 Å². The van der Waals surface area contributed by atoms with Crippen molar-refractivity contribution < 1.29 is 23.5 Å². The van der Waals surface area contributed by atoms with E-state index in [1.165, 1.54) is 23.1 Å². The SMILES string of the molecule is Nc1nnc(N(C=O)c2ccc(C(=O)N3CCOCC3)cc2)cc1OCCc1c(Cl)ccc(F)c1Cl. The first-order chi connectivity index (χ1) is 17.4. The van der Waals surface area contributed by atoms with E-state index < -0.39 is 5.82 Å². The second-order valence-electron chi connectivity index (χ2n) is 7.80. The zero-order chi connectivity index (χ0) is 25.7. The molecular formula is C24H22Cl2FN5O4. The number of amides is 2. The Morgan fingerprint density at radius 3 is 2.58 bits per heavy atom. The zero-order valence-corrected chi connectivity index (χ0v) is 20.5. The van der Waals surface area contributed by atoms with E-state index in [1.54, 1.807) is 29.2 Å². The molecule has 36 heavy (non-hydrogen) atoms. The van der Waals surface area contributed by atoms with Gasteiger partial charge in [0, 0.05) is 36.2 Å². The van der Waals surface area contributed by atoms with Crippen LogP contribution in [0.5, 0.6) is 5.75 Å². The van der Waals surface area contributed by atoms with E-state index in [1.807, 2.05) is 0 Å². The van der Waals surface area contributed by atoms with Gasteiger partial charge in [-0.15, -0.1) is 10.2 Å². The van der Waals surface area contributed by atoms with Crippen LogP contribution in [0.25, 0.3) is 0 Å². The van der Waals surface area contributed by atoms with Crippen LogP contribution in [0.15, 0.2) is 42.5 Å². The van der Waals surface area contributed by atoms with Gasteiger partial charge in [-0.2, -0.15) is 0 Å². The molecule has 3 aromatic rings. The maximum absolute atomic E-state index is 13.7. The molecule has 1 aliphatic heterocycles. The molecule has 1 aromatic heterocycles. The van der Waals surface area contributed by atoms with Crippen LogP contribution in [0, 0.1) is 5.82 Å². The third-order valence-corrected chi connectivity index (χ3v) is 6.33. The summed E-state index contributed by atoms with van der Waals surface area (Å²) in [6.45, 7) is 2.14. The van der Waals surface area contributed by atoms with E-state index in [0.717, 1.165) is 0 Å². The van der Waals surface area contributed by atoms with Gasteiger partial charge in [0.05, 0.1) is 30.5 Å². The Bertz CT molecular complexity index is 1260. The predicted octanol–water partition coefficient (Wildman–Crippen LogP) is 3.89. The molecule has 0 saturated carbocycles. The van der Waals surface area contributed by atoms with Crippen LogP contribution in [-0.4, -0.2) is 60.3 Å². The Morgan fingerprint density at radius 1 is 1.17 bits per heavy atom. The Morgan fingerprint density at radius 2 is 1.89 bits per heavy atom. The van der Waals surface area contributed by atoms with E-state index >= 15 is 0 Å². The van der Waals surface area contributed by atoms with Gasteiger partial charge in [0.25, 0.3) is 5.91 Å². The summed E-state index contributed by atoms with van der Waals surface area (Å²) in [5.74, 6) is -0.350. The lowest BCUT2D eigenvalue weighted by atomic mass is 10.1. The molecule has 2 heterocycles. The maximum atomic E-state index is 13.7. The number of carbonyl (C=O) groups is 2. The number of carbonyl (C=O) groups excluding carboxylic acids is 2. The number of benzene rings is 2. The number of nitrogens with zero attached hydrogens (tertiary/aromatic N) is 4. The minimum Gasteiger partial charge on any atom is -0.489 e. The molecule has 0 aliphatic carbocycles. The lowest BCUT2D eigenvalue weighted by Gasteiger charge is -2.27. The number of halogens is 3. The van der Waals surface area contributed by atoms with Crippen molar-refractivity contribution in [1.82, 2.24) is 15.1 Å². The van der Waals surface area contributed by atoms with Gasteiger partial charge in [0.2, 0.25) is 6.41 Å². The number of morpholine rings is 1. The smallest absolute Gasteiger partial charge is 0.254 e. The minimum absolute atomic E-state index is 0.00694. The number of hydrogen-bond donors (Lipinski definition) is 1. The molecule has 2 N–H and O–H groups in total. The van der Waals surface area contributed by atoms with Crippen molar-refractivity contribution in [3.05, 3.63) is 69.5 Å². The fourth-order valence-electron chi connectivity index (χ4n) is 3.63. The third kappa shape index (κ3) is 5.67. The number of aromatic nitrogens is 2. The van der Waals surface area contributed by atoms with E-state index in [2.05, 4.69) is 10.2 Å². The molecule has 1 saturated heterocycles. The summed E-state index contributed by atoms with van der Waals surface area (Å²) in [5, 5.41) is 8.10. The van der Waals surface area contributed by atoms with Crippen molar-refractivity contribution in [1.29, 1.82) is 0 Å². The molecule has 2 amide bonds. The highest BCUT2D eigenvalue weighted by atomic mass is 35.5. The van der Waals surface area contributed by atoms with Crippen LogP contribution < -0.4 is 15.4 Å². The van der Waals surface area contributed by atoms with E-state index in [0.29, 0.717) is 54.6 Å². The van der Waals surface area contributed by atoms with Crippen LogP contribution in [0.4, 0.5) is 21.7 Å². The summed E-state index contributed by atoms with van der Waals surface area (Å²) in [6, 6.07) is 10.6. The van der Waals surface area contributed by atoms with Crippen molar-refractivity contribution in [2.75, 3.05) is 43.5 Å². The van der Waals surface area contributed by atoms with Gasteiger partial charge in [0.15, 0.2) is 17.4 Å². The molecule has 0 atom stereocenters. The zero-order valence-electron chi connectivity index (χ0n) is 19.0. The van der Waals surface area contributed by atoms with Crippen molar-refractivity contribution in [3.63, 3.8) is 0 Å². The van der Waals surface area contributed by atoms with Crippen molar-refractivity contribution >= 4 is 52.8 Å². The second kappa shape index (κ2) is 11.5. The average molecular weight is 534 g/mol. The van der Waals surface area contributed by atoms with Crippen LogP contribution in [-0.2, 0) is 16.0 Å². The Balaban J connectivity index is 1.47. The van der Waals surface area contributed by atoms with Gasteiger partial charge in [-0.05, 0) is 42.0 Å². The fourth-order valence-corrected chi connectivity index (χ4v) is 4.19. The van der Waals surface area contributed by atoms with Crippen LogP contribution in [0.1, 0.15) is 15.9 Å². The van der Waals surface area contributed by atoms with Gasteiger partial charge in [-0.25, -0.2) is 4.39 Å². The third-order valence-electron chi connectivity index (χ3n) is 5.56. The first-order valence-electron chi connectivity index (χ1n) is 11.0. The lowest BCUT2D eigenvalue weighted by Crippen LogP contribution is -2.40. The summed E-state index contributed by atoms with van der Waals surface area (Å²) in [7, 11) is 0. The normalized spacial score (nSPS) is 13.4.